The van der Waals surface area contributed by atoms with Gasteiger partial charge in [0.05, 0.1) is 23.8 Å². The van der Waals surface area contributed by atoms with Gasteiger partial charge in [0.1, 0.15) is 11.4 Å². The van der Waals surface area contributed by atoms with Crippen molar-refractivity contribution in [1.82, 2.24) is 15.0 Å². The molecular weight excluding hydrogens is 280 g/mol. The van der Waals surface area contributed by atoms with E-state index < -0.39 is 0 Å². The van der Waals surface area contributed by atoms with E-state index in [-0.39, 0.29) is 11.6 Å². The van der Waals surface area contributed by atoms with Crippen molar-refractivity contribution in [2.75, 3.05) is 11.9 Å². The number of anilines is 1. The van der Waals surface area contributed by atoms with Gasteiger partial charge < -0.3 is 10.1 Å². The SMILES string of the molecule is CCOc1ncccc1NC(=O)c1cnc2ccccc2n1. The number of rotatable bonds is 4. The molecule has 1 amide bonds. The highest BCUT2D eigenvalue weighted by molar-refractivity contribution is 6.04. The fourth-order valence-corrected chi connectivity index (χ4v) is 1.99. The predicted molar refractivity (Wildman–Crippen MR) is 82.9 cm³/mol. The summed E-state index contributed by atoms with van der Waals surface area (Å²) < 4.78 is 5.38. The van der Waals surface area contributed by atoms with Gasteiger partial charge in [-0.1, -0.05) is 12.1 Å². The molecule has 6 nitrogen and oxygen atoms in total. The molecule has 0 fully saturated rings. The van der Waals surface area contributed by atoms with Gasteiger partial charge in [-0.3, -0.25) is 9.78 Å². The molecule has 0 aliphatic carbocycles. The number of para-hydroxylation sites is 2. The van der Waals surface area contributed by atoms with Crippen LogP contribution in [0, 0.1) is 0 Å². The maximum Gasteiger partial charge on any atom is 0.276 e. The Hall–Kier alpha value is -3.02. The second-order valence-corrected chi connectivity index (χ2v) is 4.49. The Morgan fingerprint density at radius 1 is 1.14 bits per heavy atom. The number of aromatic nitrogens is 3. The minimum Gasteiger partial charge on any atom is -0.476 e. The lowest BCUT2D eigenvalue weighted by atomic mass is 10.3. The van der Waals surface area contributed by atoms with Crippen LogP contribution in [0.3, 0.4) is 0 Å². The molecule has 3 aromatic rings. The van der Waals surface area contributed by atoms with Crippen molar-refractivity contribution < 1.29 is 9.53 Å². The molecule has 0 saturated carbocycles. The molecule has 0 bridgehead atoms. The van der Waals surface area contributed by atoms with Crippen LogP contribution in [0.4, 0.5) is 5.69 Å². The third-order valence-electron chi connectivity index (χ3n) is 2.98. The molecule has 2 heterocycles. The van der Waals surface area contributed by atoms with Crippen molar-refractivity contribution >= 4 is 22.6 Å². The maximum absolute atomic E-state index is 12.3. The lowest BCUT2D eigenvalue weighted by Gasteiger charge is -2.09. The minimum atomic E-state index is -0.354. The molecule has 0 saturated heterocycles. The highest BCUT2D eigenvalue weighted by atomic mass is 16.5. The van der Waals surface area contributed by atoms with Crippen molar-refractivity contribution in [2.24, 2.45) is 0 Å². The normalized spacial score (nSPS) is 10.4. The Bertz CT molecular complexity index is 820. The molecule has 0 atom stereocenters. The lowest BCUT2D eigenvalue weighted by Crippen LogP contribution is -2.15. The van der Waals surface area contributed by atoms with E-state index >= 15 is 0 Å². The average Bonchev–Trinajstić information content (AvgIpc) is 2.56. The first-order valence-electron chi connectivity index (χ1n) is 6.89. The number of ether oxygens (including phenoxy) is 1. The number of carbonyl (C=O) groups excluding carboxylic acids is 1. The van der Waals surface area contributed by atoms with Crippen molar-refractivity contribution in [1.29, 1.82) is 0 Å². The summed E-state index contributed by atoms with van der Waals surface area (Å²) in [6.07, 6.45) is 3.06. The van der Waals surface area contributed by atoms with Crippen LogP contribution in [0.15, 0.2) is 48.8 Å². The van der Waals surface area contributed by atoms with E-state index in [0.29, 0.717) is 23.7 Å². The number of hydrogen-bond acceptors (Lipinski definition) is 5. The van der Waals surface area contributed by atoms with Gasteiger partial charge in [-0.2, -0.15) is 0 Å². The number of fused-ring (bicyclic) bond motifs is 1. The fourth-order valence-electron chi connectivity index (χ4n) is 1.99. The molecule has 3 rings (SSSR count). The quantitative estimate of drug-likeness (QED) is 0.800. The van der Waals surface area contributed by atoms with Gasteiger partial charge in [0.15, 0.2) is 0 Å². The highest BCUT2D eigenvalue weighted by Crippen LogP contribution is 2.21. The van der Waals surface area contributed by atoms with Crippen LogP contribution >= 0.6 is 0 Å². The van der Waals surface area contributed by atoms with Crippen molar-refractivity contribution in [3.63, 3.8) is 0 Å². The molecular formula is C16H14N4O2. The van der Waals surface area contributed by atoms with E-state index in [0.717, 1.165) is 5.52 Å². The molecule has 2 aromatic heterocycles. The standard InChI is InChI=1S/C16H14N4O2/c1-2-22-16-13(8-5-9-17-16)20-15(21)14-10-18-11-6-3-4-7-12(11)19-14/h3-10H,2H2,1H3,(H,20,21). The summed E-state index contributed by atoms with van der Waals surface area (Å²) in [5.41, 5.74) is 2.16. The number of hydrogen-bond donors (Lipinski definition) is 1. The van der Waals surface area contributed by atoms with Crippen LogP contribution in [0.25, 0.3) is 11.0 Å². The largest absolute Gasteiger partial charge is 0.476 e. The summed E-state index contributed by atoms with van der Waals surface area (Å²) in [6.45, 7) is 2.32. The molecule has 1 aromatic carbocycles. The maximum atomic E-state index is 12.3. The Balaban J connectivity index is 1.87. The summed E-state index contributed by atoms with van der Waals surface area (Å²) in [6, 6.07) is 10.8. The van der Waals surface area contributed by atoms with E-state index in [1.807, 2.05) is 31.2 Å². The summed E-state index contributed by atoms with van der Waals surface area (Å²) >= 11 is 0. The zero-order chi connectivity index (χ0) is 15.4. The van der Waals surface area contributed by atoms with Crippen LogP contribution in [-0.4, -0.2) is 27.5 Å². The van der Waals surface area contributed by atoms with Gasteiger partial charge in [-0.05, 0) is 31.2 Å². The van der Waals surface area contributed by atoms with Gasteiger partial charge in [-0.25, -0.2) is 9.97 Å². The van der Waals surface area contributed by atoms with E-state index in [2.05, 4.69) is 20.3 Å². The molecule has 0 aliphatic rings. The zero-order valence-corrected chi connectivity index (χ0v) is 12.0. The molecule has 0 unspecified atom stereocenters. The average molecular weight is 294 g/mol. The van der Waals surface area contributed by atoms with Crippen LogP contribution in [0.5, 0.6) is 5.88 Å². The third-order valence-corrected chi connectivity index (χ3v) is 2.98. The Morgan fingerprint density at radius 2 is 1.95 bits per heavy atom. The van der Waals surface area contributed by atoms with Crippen LogP contribution in [-0.2, 0) is 0 Å². The Morgan fingerprint density at radius 3 is 2.77 bits per heavy atom. The number of nitrogens with zero attached hydrogens (tertiary/aromatic N) is 3. The van der Waals surface area contributed by atoms with Gasteiger partial charge in [0, 0.05) is 6.20 Å². The minimum absolute atomic E-state index is 0.241. The number of amides is 1. The highest BCUT2D eigenvalue weighted by Gasteiger charge is 2.12. The van der Waals surface area contributed by atoms with E-state index in [9.17, 15) is 4.79 Å². The van der Waals surface area contributed by atoms with Crippen LogP contribution in [0.2, 0.25) is 0 Å². The van der Waals surface area contributed by atoms with Gasteiger partial charge >= 0.3 is 0 Å². The third kappa shape index (κ3) is 2.85. The molecule has 110 valence electrons. The number of benzene rings is 1. The lowest BCUT2D eigenvalue weighted by molar-refractivity contribution is 0.102. The van der Waals surface area contributed by atoms with Gasteiger partial charge in [0.25, 0.3) is 5.91 Å². The summed E-state index contributed by atoms with van der Waals surface area (Å²) in [5, 5.41) is 2.75. The number of pyridine rings is 1. The first-order chi connectivity index (χ1) is 10.8. The topological polar surface area (TPSA) is 77.0 Å². The van der Waals surface area contributed by atoms with Gasteiger partial charge in [-0.15, -0.1) is 0 Å². The second-order valence-electron chi connectivity index (χ2n) is 4.49. The second kappa shape index (κ2) is 6.17. The Labute approximate surface area is 127 Å². The molecule has 0 radical (unpaired) electrons. The number of carbonyl (C=O) groups is 1. The monoisotopic (exact) mass is 294 g/mol. The van der Waals surface area contributed by atoms with Gasteiger partial charge in [0.2, 0.25) is 5.88 Å². The summed E-state index contributed by atoms with van der Waals surface area (Å²) in [4.78, 5) is 25.0. The smallest absolute Gasteiger partial charge is 0.276 e. The molecule has 6 heteroatoms. The van der Waals surface area contributed by atoms with Crippen molar-refractivity contribution in [3.8, 4) is 5.88 Å². The molecule has 22 heavy (non-hydrogen) atoms. The van der Waals surface area contributed by atoms with Crippen LogP contribution in [0.1, 0.15) is 17.4 Å². The molecule has 0 aliphatic heterocycles. The van der Waals surface area contributed by atoms with E-state index in [1.165, 1.54) is 6.20 Å². The van der Waals surface area contributed by atoms with Crippen molar-refractivity contribution in [3.05, 3.63) is 54.5 Å². The zero-order valence-electron chi connectivity index (χ0n) is 12.0. The molecule has 1 N–H and O–H groups in total. The van der Waals surface area contributed by atoms with E-state index in [4.69, 9.17) is 4.74 Å². The first-order valence-corrected chi connectivity index (χ1v) is 6.89. The van der Waals surface area contributed by atoms with Crippen LogP contribution < -0.4 is 10.1 Å². The number of nitrogens with one attached hydrogen (secondary N) is 1. The fraction of sp³-hybridized carbons (Fsp3) is 0.125. The predicted octanol–water partition coefficient (Wildman–Crippen LogP) is 2.68. The summed E-state index contributed by atoms with van der Waals surface area (Å²) in [5.74, 6) is 0.0271. The van der Waals surface area contributed by atoms with Crippen molar-refractivity contribution in [2.45, 2.75) is 6.92 Å². The Kier molecular flexibility index (Phi) is 3.91. The first kappa shape index (κ1) is 13.9. The summed E-state index contributed by atoms with van der Waals surface area (Å²) in [7, 11) is 0. The molecule has 0 spiro atoms. The van der Waals surface area contributed by atoms with E-state index in [1.54, 1.807) is 18.3 Å².